The molecule has 0 bridgehead atoms. The van der Waals surface area contributed by atoms with Gasteiger partial charge in [0.25, 0.3) is 0 Å². The molecule has 3 nitrogen and oxygen atoms in total. The SMILES string of the molecule is Cc1cc(Cl)c(Nc2ccnc3cc(Br)cnc23)cc1Cl. The van der Waals surface area contributed by atoms with Crippen molar-refractivity contribution < 1.29 is 0 Å². The summed E-state index contributed by atoms with van der Waals surface area (Å²) in [6, 6.07) is 7.41. The van der Waals surface area contributed by atoms with Crippen LogP contribution in [0.2, 0.25) is 10.0 Å². The van der Waals surface area contributed by atoms with Gasteiger partial charge in [0.1, 0.15) is 5.52 Å². The molecule has 1 aromatic carbocycles. The molecule has 6 heteroatoms. The van der Waals surface area contributed by atoms with Crippen LogP contribution in [0.25, 0.3) is 11.0 Å². The van der Waals surface area contributed by atoms with E-state index in [1.165, 1.54) is 0 Å². The first-order valence-corrected chi connectivity index (χ1v) is 7.72. The summed E-state index contributed by atoms with van der Waals surface area (Å²) in [5.74, 6) is 0. The highest BCUT2D eigenvalue weighted by atomic mass is 79.9. The monoisotopic (exact) mass is 381 g/mol. The minimum Gasteiger partial charge on any atom is -0.352 e. The van der Waals surface area contributed by atoms with Crippen LogP contribution in [0, 0.1) is 6.92 Å². The number of aryl methyl sites for hydroxylation is 1. The molecule has 0 radical (unpaired) electrons. The Balaban J connectivity index is 2.08. The van der Waals surface area contributed by atoms with E-state index in [4.69, 9.17) is 23.2 Å². The number of benzene rings is 1. The van der Waals surface area contributed by atoms with Crippen molar-refractivity contribution in [2.75, 3.05) is 5.32 Å². The Morgan fingerprint density at radius 1 is 1.05 bits per heavy atom. The van der Waals surface area contributed by atoms with Crippen molar-refractivity contribution >= 4 is 61.5 Å². The summed E-state index contributed by atoms with van der Waals surface area (Å²) < 4.78 is 0.885. The predicted octanol–water partition coefficient (Wildman–Crippen LogP) is 5.75. The van der Waals surface area contributed by atoms with Gasteiger partial charge < -0.3 is 5.32 Å². The number of nitrogens with zero attached hydrogens (tertiary/aromatic N) is 2. The van der Waals surface area contributed by atoms with Crippen LogP contribution in [0.1, 0.15) is 5.56 Å². The second-order valence-corrected chi connectivity index (χ2v) is 6.32. The lowest BCUT2D eigenvalue weighted by Crippen LogP contribution is -1.95. The van der Waals surface area contributed by atoms with Crippen LogP contribution in [-0.4, -0.2) is 9.97 Å². The standard InChI is InChI=1S/C15H10BrCl2N3/c1-8-4-11(18)13(6-10(8)17)21-12-2-3-19-14-5-9(16)7-20-15(12)14/h2-7H,1H3,(H,19,21). The number of hydrogen-bond acceptors (Lipinski definition) is 3. The van der Waals surface area contributed by atoms with Crippen molar-refractivity contribution in [3.63, 3.8) is 0 Å². The van der Waals surface area contributed by atoms with Gasteiger partial charge in [0.15, 0.2) is 0 Å². The average molecular weight is 383 g/mol. The highest BCUT2D eigenvalue weighted by Gasteiger charge is 2.08. The Morgan fingerprint density at radius 3 is 2.67 bits per heavy atom. The average Bonchev–Trinajstić information content (AvgIpc) is 2.44. The van der Waals surface area contributed by atoms with E-state index in [0.717, 1.165) is 32.4 Å². The molecule has 0 aliphatic carbocycles. The van der Waals surface area contributed by atoms with E-state index in [1.54, 1.807) is 12.4 Å². The fraction of sp³-hybridized carbons (Fsp3) is 0.0667. The Morgan fingerprint density at radius 2 is 1.86 bits per heavy atom. The number of rotatable bonds is 2. The molecule has 0 spiro atoms. The summed E-state index contributed by atoms with van der Waals surface area (Å²) in [6.07, 6.45) is 3.46. The molecule has 3 rings (SSSR count). The van der Waals surface area contributed by atoms with Gasteiger partial charge in [0, 0.05) is 21.9 Å². The van der Waals surface area contributed by atoms with Crippen molar-refractivity contribution in [3.8, 4) is 0 Å². The van der Waals surface area contributed by atoms with Gasteiger partial charge in [-0.2, -0.15) is 0 Å². The zero-order valence-corrected chi connectivity index (χ0v) is 14.1. The van der Waals surface area contributed by atoms with Crippen molar-refractivity contribution in [3.05, 3.63) is 56.7 Å². The Hall–Kier alpha value is -1.36. The quantitative estimate of drug-likeness (QED) is 0.612. The molecule has 0 unspecified atom stereocenters. The topological polar surface area (TPSA) is 37.8 Å². The van der Waals surface area contributed by atoms with Crippen LogP contribution >= 0.6 is 39.1 Å². The highest BCUT2D eigenvalue weighted by molar-refractivity contribution is 9.10. The van der Waals surface area contributed by atoms with E-state index >= 15 is 0 Å². The van der Waals surface area contributed by atoms with E-state index in [-0.39, 0.29) is 0 Å². The van der Waals surface area contributed by atoms with Crippen molar-refractivity contribution in [2.24, 2.45) is 0 Å². The van der Waals surface area contributed by atoms with Gasteiger partial charge in [-0.1, -0.05) is 23.2 Å². The molecule has 0 aliphatic heterocycles. The van der Waals surface area contributed by atoms with Crippen LogP contribution in [-0.2, 0) is 0 Å². The third-order valence-electron chi connectivity index (χ3n) is 3.06. The largest absolute Gasteiger partial charge is 0.352 e. The van der Waals surface area contributed by atoms with E-state index in [2.05, 4.69) is 31.2 Å². The maximum absolute atomic E-state index is 6.26. The molecule has 2 heterocycles. The molecular weight excluding hydrogens is 373 g/mol. The fourth-order valence-corrected chi connectivity index (χ4v) is 2.74. The zero-order chi connectivity index (χ0) is 15.0. The number of anilines is 2. The van der Waals surface area contributed by atoms with Crippen LogP contribution in [0.3, 0.4) is 0 Å². The highest BCUT2D eigenvalue weighted by Crippen LogP contribution is 2.32. The first kappa shape index (κ1) is 14.6. The molecule has 21 heavy (non-hydrogen) atoms. The second kappa shape index (κ2) is 5.79. The molecule has 0 atom stereocenters. The molecule has 0 fully saturated rings. The summed E-state index contributed by atoms with van der Waals surface area (Å²) in [6.45, 7) is 1.92. The number of fused-ring (bicyclic) bond motifs is 1. The summed E-state index contributed by atoms with van der Waals surface area (Å²) in [5, 5.41) is 4.54. The number of aromatic nitrogens is 2. The third-order valence-corrected chi connectivity index (χ3v) is 4.22. The van der Waals surface area contributed by atoms with E-state index < -0.39 is 0 Å². The Kier molecular flexibility index (Phi) is 4.02. The molecular formula is C15H10BrCl2N3. The van der Waals surface area contributed by atoms with Crippen molar-refractivity contribution in [1.82, 2.24) is 9.97 Å². The Labute approximate surface area is 140 Å². The zero-order valence-electron chi connectivity index (χ0n) is 11.0. The summed E-state index contributed by atoms with van der Waals surface area (Å²) >= 11 is 15.8. The molecule has 1 N–H and O–H groups in total. The van der Waals surface area contributed by atoms with E-state index in [1.807, 2.05) is 31.2 Å². The van der Waals surface area contributed by atoms with Gasteiger partial charge in [-0.3, -0.25) is 9.97 Å². The van der Waals surface area contributed by atoms with Crippen LogP contribution in [0.4, 0.5) is 11.4 Å². The van der Waals surface area contributed by atoms with E-state index in [0.29, 0.717) is 10.0 Å². The number of pyridine rings is 2. The number of halogens is 3. The lowest BCUT2D eigenvalue weighted by molar-refractivity contribution is 1.32. The van der Waals surface area contributed by atoms with E-state index in [9.17, 15) is 0 Å². The first-order valence-electron chi connectivity index (χ1n) is 6.17. The minimum atomic E-state index is 0.610. The van der Waals surface area contributed by atoms with Gasteiger partial charge in [-0.25, -0.2) is 0 Å². The smallest absolute Gasteiger partial charge is 0.112 e. The maximum atomic E-state index is 6.26. The van der Waals surface area contributed by atoms with Crippen molar-refractivity contribution in [2.45, 2.75) is 6.92 Å². The van der Waals surface area contributed by atoms with Crippen LogP contribution in [0.5, 0.6) is 0 Å². The van der Waals surface area contributed by atoms with Crippen molar-refractivity contribution in [1.29, 1.82) is 0 Å². The van der Waals surface area contributed by atoms with Gasteiger partial charge in [-0.15, -0.1) is 0 Å². The fourth-order valence-electron chi connectivity index (χ4n) is 1.99. The third kappa shape index (κ3) is 2.98. The van der Waals surface area contributed by atoms with Gasteiger partial charge in [-0.05, 0) is 52.7 Å². The summed E-state index contributed by atoms with van der Waals surface area (Å²) in [4.78, 5) is 8.71. The van der Waals surface area contributed by atoms with Gasteiger partial charge >= 0.3 is 0 Å². The minimum absolute atomic E-state index is 0.610. The van der Waals surface area contributed by atoms with Gasteiger partial charge in [0.2, 0.25) is 0 Å². The number of nitrogens with one attached hydrogen (secondary N) is 1. The number of hydrogen-bond donors (Lipinski definition) is 1. The maximum Gasteiger partial charge on any atom is 0.112 e. The second-order valence-electron chi connectivity index (χ2n) is 4.59. The Bertz CT molecular complexity index is 837. The van der Waals surface area contributed by atoms with Crippen LogP contribution in [0.15, 0.2) is 41.1 Å². The lowest BCUT2D eigenvalue weighted by atomic mass is 10.2. The lowest BCUT2D eigenvalue weighted by Gasteiger charge is -2.12. The molecule has 0 saturated carbocycles. The molecule has 0 aliphatic rings. The molecule has 2 aromatic heterocycles. The van der Waals surface area contributed by atoms with Gasteiger partial charge in [0.05, 0.1) is 21.9 Å². The predicted molar refractivity (Wildman–Crippen MR) is 91.7 cm³/mol. The van der Waals surface area contributed by atoms with Crippen LogP contribution < -0.4 is 5.32 Å². The molecule has 3 aromatic rings. The molecule has 0 saturated heterocycles. The summed E-state index contributed by atoms with van der Waals surface area (Å²) in [5.41, 5.74) is 4.07. The molecule has 106 valence electrons. The molecule has 0 amide bonds. The summed E-state index contributed by atoms with van der Waals surface area (Å²) in [7, 11) is 0. The normalized spacial score (nSPS) is 10.9. The first-order chi connectivity index (χ1) is 10.0.